The van der Waals surface area contributed by atoms with Crippen LogP contribution in [0.15, 0.2) is 6.33 Å². The van der Waals surface area contributed by atoms with Gasteiger partial charge in [0.15, 0.2) is 0 Å². The Bertz CT molecular complexity index is 248. The zero-order valence-electron chi connectivity index (χ0n) is 5.89. The van der Waals surface area contributed by atoms with Gasteiger partial charge in [0, 0.05) is 7.05 Å². The van der Waals surface area contributed by atoms with Crippen LogP contribution in [0.2, 0.25) is 0 Å². The Morgan fingerprint density at radius 2 is 2.45 bits per heavy atom. The molecule has 0 atom stereocenters. The Kier molecular flexibility index (Phi) is 3.53. The van der Waals surface area contributed by atoms with Gasteiger partial charge in [0.05, 0.1) is 0 Å². The molecular formula is C5H8ClN3O2. The van der Waals surface area contributed by atoms with E-state index in [2.05, 4.69) is 10.1 Å². The van der Waals surface area contributed by atoms with Gasteiger partial charge < -0.3 is 5.11 Å². The van der Waals surface area contributed by atoms with Crippen LogP contribution in [0.25, 0.3) is 0 Å². The molecule has 0 aromatic carbocycles. The van der Waals surface area contributed by atoms with Crippen molar-refractivity contribution in [2.75, 3.05) is 0 Å². The van der Waals surface area contributed by atoms with E-state index in [-0.39, 0.29) is 18.8 Å². The van der Waals surface area contributed by atoms with Crippen molar-refractivity contribution in [1.29, 1.82) is 0 Å². The average molecular weight is 178 g/mol. The lowest BCUT2D eigenvalue weighted by Crippen LogP contribution is -2.06. The summed E-state index contributed by atoms with van der Waals surface area (Å²) in [5, 5.41) is 12.0. The maximum Gasteiger partial charge on any atom is 0.311 e. The quantitative estimate of drug-likeness (QED) is 0.683. The fourth-order valence-electron chi connectivity index (χ4n) is 0.615. The van der Waals surface area contributed by atoms with Gasteiger partial charge in [0.2, 0.25) is 0 Å². The van der Waals surface area contributed by atoms with Gasteiger partial charge in [0.25, 0.3) is 0 Å². The number of aliphatic carboxylic acids is 1. The highest BCUT2D eigenvalue weighted by atomic mass is 35.5. The van der Waals surface area contributed by atoms with Gasteiger partial charge >= 0.3 is 5.97 Å². The third kappa shape index (κ3) is 2.55. The molecule has 0 unspecified atom stereocenters. The van der Waals surface area contributed by atoms with E-state index in [1.54, 1.807) is 7.05 Å². The molecule has 0 radical (unpaired) electrons. The number of halogens is 1. The fourth-order valence-corrected chi connectivity index (χ4v) is 0.615. The Labute approximate surface area is 69.5 Å². The Morgan fingerprint density at radius 3 is 2.82 bits per heavy atom. The topological polar surface area (TPSA) is 68.0 Å². The molecule has 1 rings (SSSR count). The highest BCUT2D eigenvalue weighted by Gasteiger charge is 2.04. The van der Waals surface area contributed by atoms with Crippen LogP contribution in [0, 0.1) is 0 Å². The van der Waals surface area contributed by atoms with Gasteiger partial charge in [-0.2, -0.15) is 5.10 Å². The minimum atomic E-state index is -0.892. The molecular weight excluding hydrogens is 170 g/mol. The first-order chi connectivity index (χ1) is 4.70. The highest BCUT2D eigenvalue weighted by molar-refractivity contribution is 5.85. The van der Waals surface area contributed by atoms with Gasteiger partial charge in [-0.1, -0.05) is 0 Å². The second-order valence-electron chi connectivity index (χ2n) is 1.87. The normalized spacial score (nSPS) is 8.82. The molecule has 0 amide bonds. The van der Waals surface area contributed by atoms with Gasteiger partial charge in [0.1, 0.15) is 18.6 Å². The van der Waals surface area contributed by atoms with E-state index in [0.717, 1.165) is 0 Å². The van der Waals surface area contributed by atoms with Crippen molar-refractivity contribution in [2.45, 2.75) is 6.42 Å². The van der Waals surface area contributed by atoms with Crippen LogP contribution in [-0.2, 0) is 18.3 Å². The summed E-state index contributed by atoms with van der Waals surface area (Å²) in [7, 11) is 1.66. The predicted molar refractivity (Wildman–Crippen MR) is 39.6 cm³/mol. The number of aromatic nitrogens is 3. The predicted octanol–water partition coefficient (Wildman–Crippen LogP) is -0.136. The van der Waals surface area contributed by atoms with Crippen LogP contribution < -0.4 is 0 Å². The number of nitrogens with zero attached hydrogens (tertiary/aromatic N) is 3. The second-order valence-corrected chi connectivity index (χ2v) is 1.87. The molecule has 0 aliphatic rings. The third-order valence-corrected chi connectivity index (χ3v) is 1.11. The number of hydrogen-bond acceptors (Lipinski definition) is 3. The Morgan fingerprint density at radius 1 is 1.82 bits per heavy atom. The molecule has 1 aromatic heterocycles. The molecule has 11 heavy (non-hydrogen) atoms. The number of rotatable bonds is 2. The zero-order chi connectivity index (χ0) is 7.56. The first-order valence-corrected chi connectivity index (χ1v) is 2.75. The van der Waals surface area contributed by atoms with Gasteiger partial charge in [-0.3, -0.25) is 9.48 Å². The summed E-state index contributed by atoms with van der Waals surface area (Å²) in [5.41, 5.74) is 0. The fraction of sp³-hybridized carbons (Fsp3) is 0.400. The van der Waals surface area contributed by atoms with E-state index < -0.39 is 5.97 Å². The number of carboxylic acid groups (broad SMARTS) is 1. The standard InChI is InChI=1S/C5H7N3O2.ClH/c1-8-4(2-5(9)10)6-3-7-8;/h3H,2H2,1H3,(H,9,10);1H. The minimum Gasteiger partial charge on any atom is -0.481 e. The molecule has 0 fully saturated rings. The molecule has 62 valence electrons. The molecule has 0 aliphatic carbocycles. The van der Waals surface area contributed by atoms with Crippen molar-refractivity contribution in [3.63, 3.8) is 0 Å². The molecule has 0 aliphatic heterocycles. The van der Waals surface area contributed by atoms with Gasteiger partial charge in [-0.25, -0.2) is 4.98 Å². The average Bonchev–Trinajstić information content (AvgIpc) is 2.15. The molecule has 0 spiro atoms. The van der Waals surface area contributed by atoms with E-state index in [0.29, 0.717) is 5.82 Å². The van der Waals surface area contributed by atoms with Crippen LogP contribution in [-0.4, -0.2) is 25.8 Å². The molecule has 5 nitrogen and oxygen atoms in total. The first-order valence-electron chi connectivity index (χ1n) is 2.75. The summed E-state index contributed by atoms with van der Waals surface area (Å²) in [6.45, 7) is 0. The second kappa shape index (κ2) is 3.92. The van der Waals surface area contributed by atoms with Crippen LogP contribution in [0.5, 0.6) is 0 Å². The zero-order valence-corrected chi connectivity index (χ0v) is 6.71. The smallest absolute Gasteiger partial charge is 0.311 e. The van der Waals surface area contributed by atoms with Crippen molar-refractivity contribution in [1.82, 2.24) is 14.8 Å². The van der Waals surface area contributed by atoms with Crippen LogP contribution in [0.1, 0.15) is 5.82 Å². The minimum absolute atomic E-state index is 0. The summed E-state index contributed by atoms with van der Waals surface area (Å²) in [4.78, 5) is 13.9. The highest BCUT2D eigenvalue weighted by Crippen LogP contribution is 1.90. The van der Waals surface area contributed by atoms with Crippen molar-refractivity contribution >= 4 is 18.4 Å². The summed E-state index contributed by atoms with van der Waals surface area (Å²) < 4.78 is 1.44. The SMILES string of the molecule is Cl.Cn1ncnc1CC(=O)O. The lowest BCUT2D eigenvalue weighted by atomic mass is 10.4. The van der Waals surface area contributed by atoms with E-state index >= 15 is 0 Å². The summed E-state index contributed by atoms with van der Waals surface area (Å²) in [6.07, 6.45) is 1.26. The molecule has 6 heteroatoms. The van der Waals surface area contributed by atoms with Crippen molar-refractivity contribution < 1.29 is 9.90 Å². The molecule has 1 aromatic rings. The summed E-state index contributed by atoms with van der Waals surface area (Å²) in [6, 6.07) is 0. The first kappa shape index (κ1) is 9.90. The molecule has 0 saturated carbocycles. The van der Waals surface area contributed by atoms with Gasteiger partial charge in [-0.05, 0) is 0 Å². The number of carbonyl (C=O) groups is 1. The lowest BCUT2D eigenvalue weighted by Gasteiger charge is -1.92. The Balaban J connectivity index is 0.000001000. The lowest BCUT2D eigenvalue weighted by molar-refractivity contribution is -0.136. The maximum absolute atomic E-state index is 10.1. The largest absolute Gasteiger partial charge is 0.481 e. The van der Waals surface area contributed by atoms with E-state index in [9.17, 15) is 4.79 Å². The van der Waals surface area contributed by atoms with Crippen molar-refractivity contribution in [3.8, 4) is 0 Å². The summed E-state index contributed by atoms with van der Waals surface area (Å²) in [5.74, 6) is -0.427. The van der Waals surface area contributed by atoms with Crippen LogP contribution in [0.3, 0.4) is 0 Å². The maximum atomic E-state index is 10.1. The monoisotopic (exact) mass is 177 g/mol. The number of aryl methyl sites for hydroxylation is 1. The van der Waals surface area contributed by atoms with E-state index in [1.807, 2.05) is 0 Å². The summed E-state index contributed by atoms with van der Waals surface area (Å²) >= 11 is 0. The van der Waals surface area contributed by atoms with E-state index in [1.165, 1.54) is 11.0 Å². The molecule has 1 heterocycles. The van der Waals surface area contributed by atoms with Crippen LogP contribution in [0.4, 0.5) is 0 Å². The molecule has 0 saturated heterocycles. The van der Waals surface area contributed by atoms with Gasteiger partial charge in [-0.15, -0.1) is 12.4 Å². The van der Waals surface area contributed by atoms with E-state index in [4.69, 9.17) is 5.11 Å². The number of hydrogen-bond donors (Lipinski definition) is 1. The van der Waals surface area contributed by atoms with Crippen molar-refractivity contribution in [3.05, 3.63) is 12.2 Å². The Hall–Kier alpha value is -1.10. The molecule has 1 N–H and O–H groups in total. The molecule has 0 bridgehead atoms. The third-order valence-electron chi connectivity index (χ3n) is 1.11. The van der Waals surface area contributed by atoms with Crippen LogP contribution >= 0.6 is 12.4 Å². The van der Waals surface area contributed by atoms with Crippen molar-refractivity contribution in [2.24, 2.45) is 7.05 Å². The number of carboxylic acids is 1.